The van der Waals surface area contributed by atoms with Crippen LogP contribution in [0.4, 0.5) is 8.78 Å². The van der Waals surface area contributed by atoms with Crippen molar-refractivity contribution in [2.75, 3.05) is 0 Å². The molecular formula is C8H9F2N3. The molecule has 0 atom stereocenters. The molecule has 70 valence electrons. The van der Waals surface area contributed by atoms with Gasteiger partial charge >= 0.3 is 0 Å². The summed E-state index contributed by atoms with van der Waals surface area (Å²) in [6.07, 6.45) is 0. The second kappa shape index (κ2) is 3.84. The van der Waals surface area contributed by atoms with Gasteiger partial charge in [0.15, 0.2) is 17.6 Å². The molecular weight excluding hydrogens is 176 g/mol. The van der Waals surface area contributed by atoms with Crippen LogP contribution < -0.4 is 11.5 Å². The number of halogens is 2. The van der Waals surface area contributed by atoms with Crippen molar-refractivity contribution in [2.45, 2.75) is 6.54 Å². The SMILES string of the molecule is NC(N)=NCc1cccc(F)c1F. The molecule has 1 rings (SSSR count). The number of guanidine groups is 1. The predicted molar refractivity (Wildman–Crippen MR) is 45.9 cm³/mol. The van der Waals surface area contributed by atoms with Crippen LogP contribution in [0.15, 0.2) is 23.2 Å². The van der Waals surface area contributed by atoms with Gasteiger partial charge in [-0.3, -0.25) is 0 Å². The average molecular weight is 185 g/mol. The van der Waals surface area contributed by atoms with Crippen LogP contribution in [0, 0.1) is 11.6 Å². The first-order valence-electron chi connectivity index (χ1n) is 3.59. The lowest BCUT2D eigenvalue weighted by Crippen LogP contribution is -2.22. The minimum Gasteiger partial charge on any atom is -0.370 e. The lowest BCUT2D eigenvalue weighted by atomic mass is 10.2. The van der Waals surface area contributed by atoms with E-state index in [0.29, 0.717) is 0 Å². The minimum absolute atomic E-state index is 0.0497. The summed E-state index contributed by atoms with van der Waals surface area (Å²) in [5, 5.41) is 0. The van der Waals surface area contributed by atoms with Crippen LogP contribution in [0.2, 0.25) is 0 Å². The first-order valence-corrected chi connectivity index (χ1v) is 3.59. The normalized spacial score (nSPS) is 9.69. The third-order valence-corrected chi connectivity index (χ3v) is 1.46. The van der Waals surface area contributed by atoms with Crippen molar-refractivity contribution in [3.8, 4) is 0 Å². The fourth-order valence-corrected chi connectivity index (χ4v) is 0.847. The van der Waals surface area contributed by atoms with Gasteiger partial charge in [0.05, 0.1) is 6.54 Å². The molecule has 0 unspecified atom stereocenters. The van der Waals surface area contributed by atoms with Crippen LogP contribution in [-0.2, 0) is 6.54 Å². The minimum atomic E-state index is -0.910. The Hall–Kier alpha value is -1.65. The number of hydrogen-bond acceptors (Lipinski definition) is 1. The Labute approximate surface area is 74.1 Å². The summed E-state index contributed by atoms with van der Waals surface area (Å²) in [4.78, 5) is 3.56. The third kappa shape index (κ3) is 2.40. The standard InChI is InChI=1S/C8H9F2N3/c9-6-3-1-2-5(7(6)10)4-13-8(11)12/h1-3H,4H2,(H4,11,12,13). The Balaban J connectivity index is 2.89. The van der Waals surface area contributed by atoms with E-state index in [1.807, 2.05) is 0 Å². The van der Waals surface area contributed by atoms with Gasteiger partial charge in [0.2, 0.25) is 0 Å². The van der Waals surface area contributed by atoms with Gasteiger partial charge in [-0.05, 0) is 6.07 Å². The number of rotatable bonds is 2. The predicted octanol–water partition coefficient (Wildman–Crippen LogP) is 0.738. The maximum atomic E-state index is 12.9. The summed E-state index contributed by atoms with van der Waals surface area (Å²) in [6, 6.07) is 3.86. The molecule has 0 saturated heterocycles. The van der Waals surface area contributed by atoms with Gasteiger partial charge in [-0.2, -0.15) is 0 Å². The molecule has 5 heteroatoms. The molecule has 1 aromatic carbocycles. The molecule has 4 N–H and O–H groups in total. The Kier molecular flexibility index (Phi) is 2.79. The number of nitrogens with two attached hydrogens (primary N) is 2. The van der Waals surface area contributed by atoms with Gasteiger partial charge in [0.1, 0.15) is 0 Å². The van der Waals surface area contributed by atoms with E-state index in [9.17, 15) is 8.78 Å². The Morgan fingerprint density at radius 2 is 2.00 bits per heavy atom. The quantitative estimate of drug-likeness (QED) is 0.527. The van der Waals surface area contributed by atoms with Crippen molar-refractivity contribution >= 4 is 5.96 Å². The van der Waals surface area contributed by atoms with E-state index in [0.717, 1.165) is 6.07 Å². The zero-order valence-electron chi connectivity index (χ0n) is 6.80. The fourth-order valence-electron chi connectivity index (χ4n) is 0.847. The highest BCUT2D eigenvalue weighted by Crippen LogP contribution is 2.11. The van der Waals surface area contributed by atoms with Crippen LogP contribution in [0.25, 0.3) is 0 Å². The van der Waals surface area contributed by atoms with Crippen LogP contribution >= 0.6 is 0 Å². The number of benzene rings is 1. The first kappa shape index (κ1) is 9.44. The van der Waals surface area contributed by atoms with Crippen molar-refractivity contribution in [2.24, 2.45) is 16.5 Å². The molecule has 0 aliphatic heterocycles. The number of aliphatic imine (C=N–C) groups is 1. The molecule has 0 amide bonds. The summed E-state index contributed by atoms with van der Waals surface area (Å²) in [7, 11) is 0. The molecule has 0 aromatic heterocycles. The monoisotopic (exact) mass is 185 g/mol. The summed E-state index contributed by atoms with van der Waals surface area (Å²) in [6.45, 7) is -0.0497. The molecule has 0 fully saturated rings. The molecule has 0 spiro atoms. The van der Waals surface area contributed by atoms with E-state index in [4.69, 9.17) is 11.5 Å². The zero-order valence-corrected chi connectivity index (χ0v) is 6.80. The lowest BCUT2D eigenvalue weighted by Gasteiger charge is -1.99. The van der Waals surface area contributed by atoms with E-state index in [1.54, 1.807) is 0 Å². The van der Waals surface area contributed by atoms with Gasteiger partial charge in [0, 0.05) is 5.56 Å². The summed E-state index contributed by atoms with van der Waals surface area (Å²) in [5.74, 6) is -1.96. The highest BCUT2D eigenvalue weighted by molar-refractivity contribution is 5.75. The van der Waals surface area contributed by atoms with Crippen LogP contribution in [-0.4, -0.2) is 5.96 Å². The number of nitrogens with zero attached hydrogens (tertiary/aromatic N) is 1. The fraction of sp³-hybridized carbons (Fsp3) is 0.125. The highest BCUT2D eigenvalue weighted by atomic mass is 19.2. The van der Waals surface area contributed by atoms with E-state index in [1.165, 1.54) is 12.1 Å². The molecule has 0 bridgehead atoms. The van der Waals surface area contributed by atoms with Crippen molar-refractivity contribution in [1.29, 1.82) is 0 Å². The van der Waals surface area contributed by atoms with Crippen molar-refractivity contribution in [1.82, 2.24) is 0 Å². The summed E-state index contributed by atoms with van der Waals surface area (Å²) >= 11 is 0. The molecule has 3 nitrogen and oxygen atoms in total. The first-order chi connectivity index (χ1) is 6.11. The summed E-state index contributed by atoms with van der Waals surface area (Å²) in [5.41, 5.74) is 10.2. The molecule has 0 radical (unpaired) electrons. The van der Waals surface area contributed by atoms with E-state index < -0.39 is 11.6 Å². The van der Waals surface area contributed by atoms with E-state index >= 15 is 0 Å². The zero-order chi connectivity index (χ0) is 9.84. The molecule has 0 aliphatic carbocycles. The summed E-state index contributed by atoms with van der Waals surface area (Å²) < 4.78 is 25.5. The van der Waals surface area contributed by atoms with Gasteiger partial charge < -0.3 is 11.5 Å². The van der Waals surface area contributed by atoms with Crippen LogP contribution in [0.1, 0.15) is 5.56 Å². The topological polar surface area (TPSA) is 64.4 Å². The third-order valence-electron chi connectivity index (χ3n) is 1.46. The smallest absolute Gasteiger partial charge is 0.186 e. The Bertz CT molecular complexity index is 332. The highest BCUT2D eigenvalue weighted by Gasteiger charge is 2.05. The second-order valence-corrected chi connectivity index (χ2v) is 2.45. The maximum absolute atomic E-state index is 12.9. The number of hydrogen-bond donors (Lipinski definition) is 2. The van der Waals surface area contributed by atoms with Crippen molar-refractivity contribution in [3.63, 3.8) is 0 Å². The van der Waals surface area contributed by atoms with Crippen LogP contribution in [0.5, 0.6) is 0 Å². The average Bonchev–Trinajstić information content (AvgIpc) is 2.07. The van der Waals surface area contributed by atoms with Crippen LogP contribution in [0.3, 0.4) is 0 Å². The van der Waals surface area contributed by atoms with Crippen molar-refractivity contribution in [3.05, 3.63) is 35.4 Å². The van der Waals surface area contributed by atoms with Gasteiger partial charge in [-0.1, -0.05) is 12.1 Å². The Morgan fingerprint density at radius 3 is 2.62 bits per heavy atom. The van der Waals surface area contributed by atoms with Gasteiger partial charge in [-0.25, -0.2) is 13.8 Å². The molecule has 0 saturated carbocycles. The second-order valence-electron chi connectivity index (χ2n) is 2.45. The molecule has 0 heterocycles. The van der Waals surface area contributed by atoms with Gasteiger partial charge in [-0.15, -0.1) is 0 Å². The van der Waals surface area contributed by atoms with Gasteiger partial charge in [0.25, 0.3) is 0 Å². The van der Waals surface area contributed by atoms with E-state index in [-0.39, 0.29) is 18.1 Å². The molecule has 1 aromatic rings. The van der Waals surface area contributed by atoms with Crippen molar-refractivity contribution < 1.29 is 8.78 Å². The molecule has 0 aliphatic rings. The maximum Gasteiger partial charge on any atom is 0.186 e. The largest absolute Gasteiger partial charge is 0.370 e. The van der Waals surface area contributed by atoms with E-state index in [2.05, 4.69) is 4.99 Å². The molecule has 13 heavy (non-hydrogen) atoms. The lowest BCUT2D eigenvalue weighted by molar-refractivity contribution is 0.499. The Morgan fingerprint density at radius 1 is 1.31 bits per heavy atom.